The van der Waals surface area contributed by atoms with Gasteiger partial charge in [-0.1, -0.05) is 11.6 Å². The zero-order valence-corrected chi connectivity index (χ0v) is 16.3. The lowest BCUT2D eigenvalue weighted by Gasteiger charge is -2.14. The molecule has 1 heterocycles. The van der Waals surface area contributed by atoms with Crippen molar-refractivity contribution >= 4 is 38.4 Å². The van der Waals surface area contributed by atoms with Crippen molar-refractivity contribution in [2.24, 2.45) is 0 Å². The van der Waals surface area contributed by atoms with Crippen LogP contribution in [0.3, 0.4) is 0 Å². The maximum absolute atomic E-state index is 12.8. The fourth-order valence-electron chi connectivity index (χ4n) is 2.66. The third-order valence-corrected chi connectivity index (χ3v) is 5.64. The number of fused-ring (bicyclic) bond motifs is 1. The van der Waals surface area contributed by atoms with Gasteiger partial charge in [-0.15, -0.1) is 0 Å². The van der Waals surface area contributed by atoms with Crippen LogP contribution in [0.15, 0.2) is 44.4 Å². The maximum atomic E-state index is 12.8. The van der Waals surface area contributed by atoms with Gasteiger partial charge in [-0.2, -0.15) is 0 Å². The second kappa shape index (κ2) is 7.16. The average Bonchev–Trinajstić information content (AvgIpc) is 2.96. The van der Waals surface area contributed by atoms with Crippen LogP contribution in [0.4, 0.5) is 5.69 Å². The summed E-state index contributed by atoms with van der Waals surface area (Å²) in [6.07, 6.45) is 0. The van der Waals surface area contributed by atoms with Crippen molar-refractivity contribution in [2.45, 2.75) is 18.4 Å². The van der Waals surface area contributed by atoms with Crippen molar-refractivity contribution in [1.29, 1.82) is 0 Å². The van der Waals surface area contributed by atoms with E-state index in [1.54, 1.807) is 6.92 Å². The zero-order valence-electron chi connectivity index (χ0n) is 14.8. The number of hydrogen-bond acceptors (Lipinski definition) is 6. The van der Waals surface area contributed by atoms with Gasteiger partial charge in [-0.05, 0) is 19.1 Å². The van der Waals surface area contributed by atoms with Crippen molar-refractivity contribution in [1.82, 2.24) is 4.57 Å². The standard InChI is InChI=1S/C17H17ClN2O6S/c1-4-20-13-6-5-10(7-16(13)26-17(20)21)27(22,23)19-12-9-14(24-2)11(18)8-15(12)25-3/h5-9,19H,4H2,1-3H3. The Morgan fingerprint density at radius 2 is 1.85 bits per heavy atom. The van der Waals surface area contributed by atoms with Crippen LogP contribution in [-0.2, 0) is 16.6 Å². The molecule has 2 aromatic carbocycles. The number of halogens is 1. The molecule has 8 nitrogen and oxygen atoms in total. The fraction of sp³-hybridized carbons (Fsp3) is 0.235. The lowest BCUT2D eigenvalue weighted by molar-refractivity contribution is 0.405. The highest BCUT2D eigenvalue weighted by Crippen LogP contribution is 2.37. The highest BCUT2D eigenvalue weighted by atomic mass is 35.5. The number of nitrogens with one attached hydrogen (secondary N) is 1. The van der Waals surface area contributed by atoms with E-state index in [1.165, 1.54) is 49.1 Å². The Bertz CT molecular complexity index is 1170. The number of aryl methyl sites for hydroxylation is 1. The summed E-state index contributed by atoms with van der Waals surface area (Å²) in [5.41, 5.74) is 0.865. The first-order valence-electron chi connectivity index (χ1n) is 7.88. The summed E-state index contributed by atoms with van der Waals surface area (Å²) >= 11 is 6.04. The molecule has 0 amide bonds. The summed E-state index contributed by atoms with van der Waals surface area (Å²) in [5, 5.41) is 0.279. The maximum Gasteiger partial charge on any atom is 0.419 e. The molecule has 0 unspecified atom stereocenters. The van der Waals surface area contributed by atoms with E-state index in [2.05, 4.69) is 4.72 Å². The predicted octanol–water partition coefficient (Wildman–Crippen LogP) is 3.09. The van der Waals surface area contributed by atoms with Gasteiger partial charge in [0.05, 0.1) is 35.3 Å². The van der Waals surface area contributed by atoms with Gasteiger partial charge < -0.3 is 13.9 Å². The third kappa shape index (κ3) is 3.47. The summed E-state index contributed by atoms with van der Waals surface area (Å²) in [6, 6.07) is 7.08. The molecular formula is C17H17ClN2O6S. The van der Waals surface area contributed by atoms with Gasteiger partial charge in [0.15, 0.2) is 5.58 Å². The van der Waals surface area contributed by atoms with Crippen molar-refractivity contribution in [3.63, 3.8) is 0 Å². The van der Waals surface area contributed by atoms with E-state index in [9.17, 15) is 13.2 Å². The van der Waals surface area contributed by atoms with Gasteiger partial charge in [0.25, 0.3) is 10.0 Å². The SMILES string of the molecule is CCn1c(=O)oc2cc(S(=O)(=O)Nc3cc(OC)c(Cl)cc3OC)ccc21. The summed E-state index contributed by atoms with van der Waals surface area (Å²) in [4.78, 5) is 11.7. The van der Waals surface area contributed by atoms with E-state index in [0.29, 0.717) is 12.1 Å². The lowest BCUT2D eigenvalue weighted by atomic mass is 10.3. The number of aromatic nitrogens is 1. The number of hydrogen-bond donors (Lipinski definition) is 1. The van der Waals surface area contributed by atoms with Crippen molar-refractivity contribution < 1.29 is 22.3 Å². The second-order valence-corrected chi connectivity index (χ2v) is 7.62. The summed E-state index contributed by atoms with van der Waals surface area (Å²) < 4.78 is 44.9. The van der Waals surface area contributed by atoms with Crippen LogP contribution < -0.4 is 20.0 Å². The Hall–Kier alpha value is -2.65. The van der Waals surface area contributed by atoms with Crippen LogP contribution in [0, 0.1) is 0 Å². The highest BCUT2D eigenvalue weighted by molar-refractivity contribution is 7.92. The second-order valence-electron chi connectivity index (χ2n) is 5.53. The highest BCUT2D eigenvalue weighted by Gasteiger charge is 2.20. The Labute approximate surface area is 160 Å². The first-order valence-corrected chi connectivity index (χ1v) is 9.74. The Morgan fingerprint density at radius 1 is 1.15 bits per heavy atom. The van der Waals surface area contributed by atoms with Crippen LogP contribution in [0.25, 0.3) is 11.1 Å². The quantitative estimate of drug-likeness (QED) is 0.667. The molecule has 0 aliphatic rings. The largest absolute Gasteiger partial charge is 0.495 e. The number of benzene rings is 2. The van der Waals surface area contributed by atoms with Crippen molar-refractivity contribution in [3.8, 4) is 11.5 Å². The molecule has 3 rings (SSSR count). The van der Waals surface area contributed by atoms with E-state index in [4.69, 9.17) is 25.5 Å². The number of oxazole rings is 1. The molecule has 0 spiro atoms. The molecule has 10 heteroatoms. The van der Waals surface area contributed by atoms with E-state index in [-0.39, 0.29) is 32.7 Å². The lowest BCUT2D eigenvalue weighted by Crippen LogP contribution is -2.14. The van der Waals surface area contributed by atoms with Crippen molar-refractivity contribution in [3.05, 3.63) is 45.9 Å². The fourth-order valence-corrected chi connectivity index (χ4v) is 3.96. The van der Waals surface area contributed by atoms with Crippen LogP contribution in [-0.4, -0.2) is 27.2 Å². The molecule has 1 N–H and O–H groups in total. The number of sulfonamides is 1. The van der Waals surface area contributed by atoms with Crippen LogP contribution >= 0.6 is 11.6 Å². The van der Waals surface area contributed by atoms with Crippen molar-refractivity contribution in [2.75, 3.05) is 18.9 Å². The number of nitrogens with zero attached hydrogens (tertiary/aromatic N) is 1. The van der Waals surface area contributed by atoms with E-state index < -0.39 is 15.8 Å². The van der Waals surface area contributed by atoms with Gasteiger partial charge in [0.1, 0.15) is 11.5 Å². The number of ether oxygens (including phenoxy) is 2. The molecule has 0 fully saturated rings. The predicted molar refractivity (Wildman–Crippen MR) is 102 cm³/mol. The first-order chi connectivity index (χ1) is 12.8. The van der Waals surface area contributed by atoms with Gasteiger partial charge in [-0.3, -0.25) is 9.29 Å². The molecule has 0 aliphatic heterocycles. The number of methoxy groups -OCH3 is 2. The van der Waals surface area contributed by atoms with Gasteiger partial charge in [-0.25, -0.2) is 13.2 Å². The molecule has 0 saturated carbocycles. The first kappa shape index (κ1) is 19.1. The molecule has 0 bridgehead atoms. The van der Waals surface area contributed by atoms with E-state index >= 15 is 0 Å². The molecule has 1 aromatic heterocycles. The topological polar surface area (TPSA) is 99.8 Å². The Morgan fingerprint density at radius 3 is 2.48 bits per heavy atom. The average molecular weight is 413 g/mol. The molecule has 0 saturated heterocycles. The minimum atomic E-state index is -3.99. The minimum Gasteiger partial charge on any atom is -0.495 e. The summed E-state index contributed by atoms with van der Waals surface area (Å²) in [6.45, 7) is 2.21. The summed E-state index contributed by atoms with van der Waals surface area (Å²) in [5.74, 6) is -0.0233. The molecule has 144 valence electrons. The molecule has 0 radical (unpaired) electrons. The van der Waals surface area contributed by atoms with Crippen LogP contribution in [0.1, 0.15) is 6.92 Å². The van der Waals surface area contributed by atoms with Gasteiger partial charge in [0.2, 0.25) is 0 Å². The Kier molecular flexibility index (Phi) is 5.07. The molecule has 3 aromatic rings. The van der Waals surface area contributed by atoms with Gasteiger partial charge in [0, 0.05) is 24.7 Å². The molecule has 0 aliphatic carbocycles. The molecular weight excluding hydrogens is 396 g/mol. The van der Waals surface area contributed by atoms with Crippen LogP contribution in [0.2, 0.25) is 5.02 Å². The van der Waals surface area contributed by atoms with E-state index in [1.807, 2.05) is 0 Å². The van der Waals surface area contributed by atoms with Gasteiger partial charge >= 0.3 is 5.76 Å². The van der Waals surface area contributed by atoms with Crippen LogP contribution in [0.5, 0.6) is 11.5 Å². The monoisotopic (exact) mass is 412 g/mol. The number of rotatable bonds is 6. The normalized spacial score (nSPS) is 11.6. The summed E-state index contributed by atoms with van der Waals surface area (Å²) in [7, 11) is -1.18. The third-order valence-electron chi connectivity index (χ3n) is 3.98. The smallest absolute Gasteiger partial charge is 0.419 e. The minimum absolute atomic E-state index is 0.0667. The molecule has 0 atom stereocenters. The zero-order chi connectivity index (χ0) is 19.8. The Balaban J connectivity index is 2.05. The van der Waals surface area contributed by atoms with E-state index in [0.717, 1.165) is 0 Å². The molecule has 27 heavy (non-hydrogen) atoms. The number of anilines is 1.